The lowest BCUT2D eigenvalue weighted by atomic mass is 10.0. The Bertz CT molecular complexity index is 1410. The summed E-state index contributed by atoms with van der Waals surface area (Å²) < 4.78 is 68.4. The third-order valence-corrected chi connectivity index (χ3v) is 7.09. The molecule has 1 atom stereocenters. The van der Waals surface area contributed by atoms with Crippen LogP contribution in [0.1, 0.15) is 28.4 Å². The van der Waals surface area contributed by atoms with Gasteiger partial charge in [0.25, 0.3) is 5.91 Å². The fourth-order valence-electron chi connectivity index (χ4n) is 3.82. The molecule has 0 spiro atoms. The average Bonchev–Trinajstić information content (AvgIpc) is 3.21. The van der Waals surface area contributed by atoms with E-state index in [0.29, 0.717) is 5.02 Å². The predicted molar refractivity (Wildman–Crippen MR) is 126 cm³/mol. The van der Waals surface area contributed by atoms with E-state index < -0.39 is 28.0 Å². The summed E-state index contributed by atoms with van der Waals surface area (Å²) in [5, 5.41) is 0.589. The summed E-state index contributed by atoms with van der Waals surface area (Å²) in [6.07, 6.45) is -5.89. The maximum absolute atomic E-state index is 13.4. The minimum Gasteiger partial charge on any atom is -0.480 e. The van der Waals surface area contributed by atoms with Gasteiger partial charge in [0.15, 0.2) is 15.9 Å². The summed E-state index contributed by atoms with van der Waals surface area (Å²) in [6, 6.07) is 16.3. The lowest BCUT2D eigenvalue weighted by molar-refractivity contribution is -0.189. The molecule has 0 saturated carbocycles. The molecular formula is C25H21ClF3NO4S. The van der Waals surface area contributed by atoms with Crippen LogP contribution in [0.2, 0.25) is 5.02 Å². The number of halogens is 4. The molecule has 1 aliphatic rings. The van der Waals surface area contributed by atoms with Gasteiger partial charge in [0.05, 0.1) is 10.5 Å². The predicted octanol–water partition coefficient (Wildman–Crippen LogP) is 5.90. The Morgan fingerprint density at radius 2 is 1.69 bits per heavy atom. The number of hydrogen-bond donors (Lipinski definition) is 0. The molecule has 4 rings (SSSR count). The van der Waals surface area contributed by atoms with E-state index in [1.165, 1.54) is 4.90 Å². The van der Waals surface area contributed by atoms with Crippen LogP contribution in [-0.2, 0) is 22.9 Å². The molecule has 1 amide bonds. The van der Waals surface area contributed by atoms with E-state index in [-0.39, 0.29) is 29.3 Å². The van der Waals surface area contributed by atoms with Crippen molar-refractivity contribution in [3.63, 3.8) is 0 Å². The van der Waals surface area contributed by atoms with E-state index in [2.05, 4.69) is 0 Å². The first-order valence-corrected chi connectivity index (χ1v) is 12.8. The Hall–Kier alpha value is -3.04. The van der Waals surface area contributed by atoms with Crippen LogP contribution >= 0.6 is 11.6 Å². The number of ether oxygens (including phenoxy) is 1. The number of amides is 1. The second kappa shape index (κ2) is 9.20. The van der Waals surface area contributed by atoms with Crippen LogP contribution in [0.5, 0.6) is 5.75 Å². The van der Waals surface area contributed by atoms with Crippen LogP contribution < -0.4 is 4.74 Å². The van der Waals surface area contributed by atoms with Gasteiger partial charge in [-0.1, -0.05) is 35.9 Å². The summed E-state index contributed by atoms with van der Waals surface area (Å²) in [5.74, 6) is -0.955. The summed E-state index contributed by atoms with van der Waals surface area (Å²) >= 11 is 6.09. The van der Waals surface area contributed by atoms with Crippen molar-refractivity contribution in [3.05, 3.63) is 82.4 Å². The molecule has 0 fully saturated rings. The molecule has 0 radical (unpaired) electrons. The SMILES string of the molecule is C[C@H](Oc1ccc(S(C)(=O)=O)cc1C(=O)N1Cc2ccc(-c3cccc(Cl)c3)cc2C1)C(F)(F)F. The van der Waals surface area contributed by atoms with Gasteiger partial charge in [-0.25, -0.2) is 8.42 Å². The zero-order valence-electron chi connectivity index (χ0n) is 18.8. The fraction of sp³-hybridized carbons (Fsp3) is 0.240. The monoisotopic (exact) mass is 523 g/mol. The Labute approximate surface area is 206 Å². The second-order valence-electron chi connectivity index (χ2n) is 8.39. The molecule has 0 aromatic heterocycles. The van der Waals surface area contributed by atoms with Crippen LogP contribution in [0.15, 0.2) is 65.6 Å². The molecule has 0 bridgehead atoms. The van der Waals surface area contributed by atoms with Crippen molar-refractivity contribution in [2.75, 3.05) is 6.26 Å². The standard InChI is InChI=1S/C25H21ClF3NO4S/c1-15(25(27,28)29)34-23-9-8-21(35(2,32)33)12-22(23)24(31)30-13-18-7-6-17(10-19(18)14-30)16-4-3-5-20(26)11-16/h3-12,15H,13-14H2,1-2H3/t15-/m0/s1. The van der Waals surface area contributed by atoms with Crippen LogP contribution in [0.4, 0.5) is 13.2 Å². The highest BCUT2D eigenvalue weighted by Gasteiger charge is 2.39. The third-order valence-electron chi connectivity index (χ3n) is 5.75. The third kappa shape index (κ3) is 5.46. The molecule has 3 aromatic carbocycles. The zero-order valence-corrected chi connectivity index (χ0v) is 20.3. The van der Waals surface area contributed by atoms with Crippen LogP contribution in [0.25, 0.3) is 11.1 Å². The van der Waals surface area contributed by atoms with Crippen molar-refractivity contribution < 1.29 is 31.1 Å². The molecule has 0 saturated heterocycles. The van der Waals surface area contributed by atoms with Crippen LogP contribution in [0, 0.1) is 0 Å². The number of rotatable bonds is 5. The molecule has 1 heterocycles. The van der Waals surface area contributed by atoms with E-state index in [9.17, 15) is 26.4 Å². The van der Waals surface area contributed by atoms with E-state index >= 15 is 0 Å². The summed E-state index contributed by atoms with van der Waals surface area (Å²) in [4.78, 5) is 14.7. The number of carbonyl (C=O) groups is 1. The Morgan fingerprint density at radius 3 is 2.34 bits per heavy atom. The van der Waals surface area contributed by atoms with Crippen molar-refractivity contribution in [1.82, 2.24) is 4.90 Å². The number of fused-ring (bicyclic) bond motifs is 1. The Morgan fingerprint density at radius 1 is 1.00 bits per heavy atom. The molecule has 0 unspecified atom stereocenters. The highest BCUT2D eigenvalue weighted by atomic mass is 35.5. The minimum atomic E-state index is -4.66. The minimum absolute atomic E-state index is 0.187. The number of nitrogens with zero attached hydrogens (tertiary/aromatic N) is 1. The summed E-state index contributed by atoms with van der Waals surface area (Å²) in [6.45, 7) is 1.25. The molecule has 35 heavy (non-hydrogen) atoms. The lowest BCUT2D eigenvalue weighted by Crippen LogP contribution is -2.32. The van der Waals surface area contributed by atoms with Gasteiger partial charge in [-0.05, 0) is 65.6 Å². The largest absolute Gasteiger partial charge is 0.480 e. The molecule has 10 heteroatoms. The number of hydrogen-bond acceptors (Lipinski definition) is 4. The molecule has 5 nitrogen and oxygen atoms in total. The van der Waals surface area contributed by atoms with Crippen molar-refractivity contribution in [1.29, 1.82) is 0 Å². The van der Waals surface area contributed by atoms with Crippen LogP contribution in [-0.4, -0.2) is 37.8 Å². The van der Waals surface area contributed by atoms with Gasteiger partial charge in [-0.2, -0.15) is 13.2 Å². The summed E-state index contributed by atoms with van der Waals surface area (Å²) in [7, 11) is -3.71. The first kappa shape index (κ1) is 25.1. The van der Waals surface area contributed by atoms with Gasteiger partial charge in [-0.15, -0.1) is 0 Å². The van der Waals surface area contributed by atoms with E-state index in [1.807, 2.05) is 36.4 Å². The Kier molecular flexibility index (Phi) is 6.59. The maximum Gasteiger partial charge on any atom is 0.425 e. The molecule has 0 aliphatic carbocycles. The van der Waals surface area contributed by atoms with Gasteiger partial charge in [0.1, 0.15) is 5.75 Å². The first-order valence-electron chi connectivity index (χ1n) is 10.6. The van der Waals surface area contributed by atoms with Gasteiger partial charge in [0.2, 0.25) is 0 Å². The molecule has 184 valence electrons. The highest BCUT2D eigenvalue weighted by Crippen LogP contribution is 2.34. The lowest BCUT2D eigenvalue weighted by Gasteiger charge is -2.22. The quantitative estimate of drug-likeness (QED) is 0.418. The number of benzene rings is 3. The zero-order chi connectivity index (χ0) is 25.5. The van der Waals surface area contributed by atoms with E-state index in [4.69, 9.17) is 16.3 Å². The molecule has 1 aliphatic heterocycles. The summed E-state index contributed by atoms with van der Waals surface area (Å²) in [5.41, 5.74) is 3.33. The topological polar surface area (TPSA) is 63.7 Å². The van der Waals surface area contributed by atoms with Gasteiger partial charge in [-0.3, -0.25) is 4.79 Å². The molecular weight excluding hydrogens is 503 g/mol. The second-order valence-corrected chi connectivity index (χ2v) is 10.8. The number of sulfone groups is 1. The molecule has 3 aromatic rings. The van der Waals surface area contributed by atoms with E-state index in [0.717, 1.165) is 53.6 Å². The van der Waals surface area contributed by atoms with Crippen molar-refractivity contribution in [3.8, 4) is 16.9 Å². The number of carbonyl (C=O) groups excluding carboxylic acids is 1. The van der Waals surface area contributed by atoms with Gasteiger partial charge in [0, 0.05) is 24.4 Å². The van der Waals surface area contributed by atoms with Gasteiger partial charge < -0.3 is 9.64 Å². The van der Waals surface area contributed by atoms with Crippen molar-refractivity contribution >= 4 is 27.3 Å². The highest BCUT2D eigenvalue weighted by molar-refractivity contribution is 7.90. The number of alkyl halides is 3. The normalized spacial score (nSPS) is 14.5. The first-order chi connectivity index (χ1) is 16.3. The molecule has 0 N–H and O–H groups in total. The van der Waals surface area contributed by atoms with Crippen LogP contribution in [0.3, 0.4) is 0 Å². The average molecular weight is 524 g/mol. The maximum atomic E-state index is 13.4. The van der Waals surface area contributed by atoms with E-state index in [1.54, 1.807) is 6.07 Å². The fourth-order valence-corrected chi connectivity index (χ4v) is 4.66. The van der Waals surface area contributed by atoms with Crippen molar-refractivity contribution in [2.24, 2.45) is 0 Å². The smallest absolute Gasteiger partial charge is 0.425 e. The Balaban J connectivity index is 1.65. The van der Waals surface area contributed by atoms with Crippen molar-refractivity contribution in [2.45, 2.75) is 37.2 Å². The van der Waals surface area contributed by atoms with Gasteiger partial charge >= 0.3 is 6.18 Å².